The molecule has 2 atom stereocenters. The number of esters is 1. The van der Waals surface area contributed by atoms with Crippen molar-refractivity contribution < 1.29 is 19.7 Å². The summed E-state index contributed by atoms with van der Waals surface area (Å²) in [4.78, 5) is 15.4. The largest absolute Gasteiger partial charge is 0.466 e. The van der Waals surface area contributed by atoms with E-state index in [0.29, 0.717) is 10.7 Å². The number of aromatic nitrogens is 1. The van der Waals surface area contributed by atoms with Crippen LogP contribution in [0.25, 0.3) is 10.2 Å². The number of hydrogen-bond donors (Lipinski definition) is 3. The van der Waals surface area contributed by atoms with Crippen molar-refractivity contribution in [2.75, 3.05) is 12.3 Å². The molecule has 108 valence electrons. The second-order valence-corrected chi connectivity index (χ2v) is 5.36. The highest BCUT2D eigenvalue weighted by Crippen LogP contribution is 2.28. The molecule has 1 aromatic carbocycles. The topological polar surface area (TPSA) is 106 Å². The molecule has 7 heteroatoms. The molecular weight excluding hydrogens is 280 g/mol. The number of nitrogen functional groups attached to an aromatic ring is 1. The lowest BCUT2D eigenvalue weighted by atomic mass is 10.0. The molecule has 0 fully saturated rings. The SMILES string of the molecule is CCOC(=O)CC(O)C(O)c1ccc2nc(N)sc2c1. The zero-order chi connectivity index (χ0) is 14.7. The van der Waals surface area contributed by atoms with E-state index in [9.17, 15) is 15.0 Å². The third kappa shape index (κ3) is 3.24. The summed E-state index contributed by atoms with van der Waals surface area (Å²) in [5, 5.41) is 20.4. The molecule has 2 aromatic rings. The van der Waals surface area contributed by atoms with Gasteiger partial charge >= 0.3 is 5.97 Å². The number of hydrogen-bond acceptors (Lipinski definition) is 7. The molecule has 0 saturated heterocycles. The lowest BCUT2D eigenvalue weighted by Crippen LogP contribution is -2.23. The first-order valence-corrected chi connectivity index (χ1v) is 7.00. The van der Waals surface area contributed by atoms with E-state index >= 15 is 0 Å². The molecule has 0 radical (unpaired) electrons. The van der Waals surface area contributed by atoms with Crippen LogP contribution in [0.4, 0.5) is 5.13 Å². The van der Waals surface area contributed by atoms with Gasteiger partial charge in [0.15, 0.2) is 5.13 Å². The molecule has 2 rings (SSSR count). The Morgan fingerprint density at radius 3 is 2.95 bits per heavy atom. The quantitative estimate of drug-likeness (QED) is 0.717. The summed E-state index contributed by atoms with van der Waals surface area (Å²) in [5.41, 5.74) is 6.86. The highest BCUT2D eigenvalue weighted by molar-refractivity contribution is 7.22. The molecule has 6 nitrogen and oxygen atoms in total. The first-order valence-electron chi connectivity index (χ1n) is 6.19. The third-order valence-corrected chi connectivity index (χ3v) is 3.66. The normalized spacial score (nSPS) is 14.2. The molecule has 0 spiro atoms. The maximum atomic E-state index is 11.3. The Hall–Kier alpha value is -1.70. The van der Waals surface area contributed by atoms with Crippen molar-refractivity contribution >= 4 is 32.7 Å². The van der Waals surface area contributed by atoms with E-state index in [-0.39, 0.29) is 13.0 Å². The first-order chi connectivity index (χ1) is 9.51. The van der Waals surface area contributed by atoms with Gasteiger partial charge in [-0.25, -0.2) is 4.98 Å². The van der Waals surface area contributed by atoms with Crippen LogP contribution in [0.3, 0.4) is 0 Å². The van der Waals surface area contributed by atoms with Gasteiger partial charge in [0.2, 0.25) is 0 Å². The number of nitrogens with two attached hydrogens (primary N) is 1. The van der Waals surface area contributed by atoms with Gasteiger partial charge in [0, 0.05) is 0 Å². The van der Waals surface area contributed by atoms with E-state index in [1.54, 1.807) is 25.1 Å². The Labute approximate surface area is 119 Å². The zero-order valence-corrected chi connectivity index (χ0v) is 11.8. The van der Waals surface area contributed by atoms with Gasteiger partial charge < -0.3 is 20.7 Å². The fourth-order valence-corrected chi connectivity index (χ4v) is 2.65. The second kappa shape index (κ2) is 6.17. The average Bonchev–Trinajstić information content (AvgIpc) is 2.76. The van der Waals surface area contributed by atoms with Gasteiger partial charge in [-0.3, -0.25) is 4.79 Å². The number of thiazole rings is 1. The maximum Gasteiger partial charge on any atom is 0.308 e. The number of aliphatic hydroxyl groups is 2. The molecule has 0 saturated carbocycles. The number of nitrogens with zero attached hydrogens (tertiary/aromatic N) is 1. The van der Waals surface area contributed by atoms with E-state index in [1.165, 1.54) is 11.3 Å². The number of carbonyl (C=O) groups excluding carboxylic acids is 1. The minimum Gasteiger partial charge on any atom is -0.466 e. The van der Waals surface area contributed by atoms with Crippen LogP contribution in [0.2, 0.25) is 0 Å². The van der Waals surface area contributed by atoms with Crippen LogP contribution in [-0.4, -0.2) is 33.9 Å². The lowest BCUT2D eigenvalue weighted by Gasteiger charge is -2.17. The number of ether oxygens (including phenoxy) is 1. The Morgan fingerprint density at radius 1 is 1.50 bits per heavy atom. The Bertz CT molecular complexity index is 613. The molecule has 4 N–H and O–H groups in total. The van der Waals surface area contributed by atoms with Crippen molar-refractivity contribution in [3.05, 3.63) is 23.8 Å². The summed E-state index contributed by atoms with van der Waals surface area (Å²) in [6.07, 6.45) is -2.62. The molecule has 0 aliphatic rings. The van der Waals surface area contributed by atoms with Crippen molar-refractivity contribution in [1.82, 2.24) is 4.98 Å². The summed E-state index contributed by atoms with van der Waals surface area (Å²) in [7, 11) is 0. The molecule has 1 aromatic heterocycles. The van der Waals surface area contributed by atoms with E-state index in [4.69, 9.17) is 10.5 Å². The van der Waals surface area contributed by atoms with Gasteiger partial charge in [-0.15, -0.1) is 0 Å². The summed E-state index contributed by atoms with van der Waals surface area (Å²) in [6.45, 7) is 1.93. The highest BCUT2D eigenvalue weighted by atomic mass is 32.1. The number of carbonyl (C=O) groups is 1. The summed E-state index contributed by atoms with van der Waals surface area (Å²) in [5.74, 6) is -0.540. The standard InChI is InChI=1S/C13H16N2O4S/c1-2-19-11(17)6-9(16)12(18)7-3-4-8-10(5-7)20-13(14)15-8/h3-5,9,12,16,18H,2,6H2,1H3,(H2,14,15). The molecule has 0 bridgehead atoms. The molecule has 0 aliphatic carbocycles. The minimum absolute atomic E-state index is 0.244. The second-order valence-electron chi connectivity index (χ2n) is 4.30. The maximum absolute atomic E-state index is 11.3. The van der Waals surface area contributed by atoms with Crippen LogP contribution >= 0.6 is 11.3 Å². The Kier molecular flexibility index (Phi) is 4.53. The van der Waals surface area contributed by atoms with Gasteiger partial charge in [-0.2, -0.15) is 0 Å². The highest BCUT2D eigenvalue weighted by Gasteiger charge is 2.22. The molecule has 0 amide bonds. The lowest BCUT2D eigenvalue weighted by molar-refractivity contribution is -0.147. The fourth-order valence-electron chi connectivity index (χ4n) is 1.87. The van der Waals surface area contributed by atoms with Crippen molar-refractivity contribution in [3.8, 4) is 0 Å². The van der Waals surface area contributed by atoms with Crippen molar-refractivity contribution in [2.45, 2.75) is 25.6 Å². The smallest absolute Gasteiger partial charge is 0.308 e. The van der Waals surface area contributed by atoms with Crippen LogP contribution in [0.5, 0.6) is 0 Å². The number of benzene rings is 1. The third-order valence-electron chi connectivity index (χ3n) is 2.82. The van der Waals surface area contributed by atoms with Crippen LogP contribution in [-0.2, 0) is 9.53 Å². The Morgan fingerprint density at radius 2 is 2.25 bits per heavy atom. The van der Waals surface area contributed by atoms with E-state index in [0.717, 1.165) is 10.2 Å². The fraction of sp³-hybridized carbons (Fsp3) is 0.385. The van der Waals surface area contributed by atoms with E-state index < -0.39 is 18.2 Å². The van der Waals surface area contributed by atoms with Crippen molar-refractivity contribution in [3.63, 3.8) is 0 Å². The summed E-state index contributed by atoms with van der Waals surface area (Å²) < 4.78 is 5.56. The molecule has 0 aliphatic heterocycles. The molecule has 1 heterocycles. The van der Waals surface area contributed by atoms with Crippen molar-refractivity contribution in [1.29, 1.82) is 0 Å². The van der Waals surface area contributed by atoms with Crippen LogP contribution in [0.1, 0.15) is 25.0 Å². The number of anilines is 1. The van der Waals surface area contributed by atoms with Gasteiger partial charge in [0.25, 0.3) is 0 Å². The predicted molar refractivity (Wildman–Crippen MR) is 76.2 cm³/mol. The van der Waals surface area contributed by atoms with Crippen LogP contribution in [0.15, 0.2) is 18.2 Å². The molecular formula is C13H16N2O4S. The monoisotopic (exact) mass is 296 g/mol. The van der Waals surface area contributed by atoms with Crippen molar-refractivity contribution in [2.24, 2.45) is 0 Å². The molecule has 2 unspecified atom stereocenters. The summed E-state index contributed by atoms with van der Waals surface area (Å²) in [6, 6.07) is 5.08. The number of aliphatic hydroxyl groups excluding tert-OH is 2. The van der Waals surface area contributed by atoms with Gasteiger partial charge in [0.05, 0.1) is 29.3 Å². The Balaban J connectivity index is 2.13. The number of rotatable bonds is 5. The van der Waals surface area contributed by atoms with Gasteiger partial charge in [0.1, 0.15) is 6.10 Å². The zero-order valence-electron chi connectivity index (χ0n) is 10.9. The van der Waals surface area contributed by atoms with Crippen LogP contribution in [0, 0.1) is 0 Å². The van der Waals surface area contributed by atoms with E-state index in [1.807, 2.05) is 0 Å². The van der Waals surface area contributed by atoms with Crippen LogP contribution < -0.4 is 5.73 Å². The predicted octanol–water partition coefficient (Wildman–Crippen LogP) is 1.23. The summed E-state index contributed by atoms with van der Waals surface area (Å²) >= 11 is 1.30. The van der Waals surface area contributed by atoms with Gasteiger partial charge in [-0.05, 0) is 24.6 Å². The molecule has 20 heavy (non-hydrogen) atoms. The average molecular weight is 296 g/mol. The van der Waals surface area contributed by atoms with E-state index in [2.05, 4.69) is 4.98 Å². The van der Waals surface area contributed by atoms with Gasteiger partial charge in [-0.1, -0.05) is 17.4 Å². The number of fused-ring (bicyclic) bond motifs is 1. The first kappa shape index (κ1) is 14.7. The minimum atomic E-state index is -1.21.